The molecule has 0 aliphatic heterocycles. The number of rotatable bonds is 5. The van der Waals surface area contributed by atoms with Crippen molar-refractivity contribution in [2.24, 2.45) is 0 Å². The zero-order valence-electron chi connectivity index (χ0n) is 8.20. The first-order valence-electron chi connectivity index (χ1n) is 4.40. The van der Waals surface area contributed by atoms with Crippen LogP contribution >= 0.6 is 11.8 Å². The summed E-state index contributed by atoms with van der Waals surface area (Å²) in [4.78, 5) is 4.16. The van der Waals surface area contributed by atoms with Gasteiger partial charge < -0.3 is 9.84 Å². The minimum absolute atomic E-state index is 0.516. The molecule has 4 nitrogen and oxygen atoms in total. The summed E-state index contributed by atoms with van der Waals surface area (Å²) in [5, 5.41) is 7.40. The Kier molecular flexibility index (Phi) is 4.08. The monoisotopic (exact) mass is 201 g/mol. The number of hydrogen-bond donors (Lipinski definition) is 1. The molecule has 1 heterocycles. The first-order chi connectivity index (χ1) is 6.22. The molecule has 0 saturated carbocycles. The van der Waals surface area contributed by atoms with Gasteiger partial charge in [-0.1, -0.05) is 19.0 Å². The highest BCUT2D eigenvalue weighted by atomic mass is 32.2. The summed E-state index contributed by atoms with van der Waals surface area (Å²) in [5.41, 5.74) is 0. The lowest BCUT2D eigenvalue weighted by Gasteiger charge is -1.98. The maximum absolute atomic E-state index is 4.95. The lowest BCUT2D eigenvalue weighted by atomic mass is 10.6. The predicted molar refractivity (Wildman–Crippen MR) is 54.9 cm³/mol. The van der Waals surface area contributed by atoms with E-state index in [-0.39, 0.29) is 0 Å². The Hall–Kier alpha value is -0.710. The van der Waals surface area contributed by atoms with Crippen molar-refractivity contribution in [1.82, 2.24) is 10.1 Å². The Bertz CT molecular complexity index is 249. The fourth-order valence-electron chi connectivity index (χ4n) is 0.777. The van der Waals surface area contributed by atoms with Gasteiger partial charge in [0.1, 0.15) is 0 Å². The second-order valence-corrected chi connectivity index (χ2v) is 4.47. The molecule has 0 radical (unpaired) electrons. The Morgan fingerprint density at radius 3 is 2.92 bits per heavy atom. The van der Waals surface area contributed by atoms with E-state index in [9.17, 15) is 0 Å². The molecule has 5 heteroatoms. The minimum atomic E-state index is 0.516. The summed E-state index contributed by atoms with van der Waals surface area (Å²) in [6.07, 6.45) is 0. The van der Waals surface area contributed by atoms with Gasteiger partial charge in [0.05, 0.1) is 5.75 Å². The number of aromatic nitrogens is 2. The third kappa shape index (κ3) is 3.67. The molecule has 0 aromatic carbocycles. The maximum atomic E-state index is 4.95. The number of anilines is 1. The molecule has 1 N–H and O–H groups in total. The number of nitrogens with zero attached hydrogens (tertiary/aromatic N) is 2. The molecule has 1 rings (SSSR count). The average molecular weight is 201 g/mol. The van der Waals surface area contributed by atoms with E-state index < -0.39 is 0 Å². The first-order valence-corrected chi connectivity index (χ1v) is 5.45. The summed E-state index contributed by atoms with van der Waals surface area (Å²) in [7, 11) is 0. The van der Waals surface area contributed by atoms with Crippen molar-refractivity contribution >= 4 is 17.8 Å². The normalized spacial score (nSPS) is 10.8. The third-order valence-corrected chi connectivity index (χ3v) is 2.43. The zero-order valence-corrected chi connectivity index (χ0v) is 9.02. The van der Waals surface area contributed by atoms with Crippen molar-refractivity contribution in [2.45, 2.75) is 31.8 Å². The second kappa shape index (κ2) is 5.11. The van der Waals surface area contributed by atoms with Crippen LogP contribution in [0.1, 0.15) is 26.6 Å². The van der Waals surface area contributed by atoms with Crippen LogP contribution in [0.5, 0.6) is 0 Å². The van der Waals surface area contributed by atoms with E-state index in [2.05, 4.69) is 29.3 Å². The lowest BCUT2D eigenvalue weighted by Crippen LogP contribution is -1.96. The number of nitrogens with one attached hydrogen (secondary N) is 1. The van der Waals surface area contributed by atoms with Gasteiger partial charge in [0, 0.05) is 6.54 Å². The molecule has 0 unspecified atom stereocenters. The number of hydrogen-bond acceptors (Lipinski definition) is 5. The predicted octanol–water partition coefficient (Wildman–Crippen LogP) is 2.14. The fraction of sp³-hybridized carbons (Fsp3) is 0.750. The van der Waals surface area contributed by atoms with Gasteiger partial charge >= 0.3 is 6.01 Å². The van der Waals surface area contributed by atoms with E-state index in [0.29, 0.717) is 11.3 Å². The average Bonchev–Trinajstić information content (AvgIpc) is 2.50. The third-order valence-electron chi connectivity index (χ3n) is 1.34. The molecule has 0 spiro atoms. The highest BCUT2D eigenvalue weighted by molar-refractivity contribution is 7.99. The lowest BCUT2D eigenvalue weighted by molar-refractivity contribution is 0.425. The summed E-state index contributed by atoms with van der Waals surface area (Å²) in [6, 6.07) is 0.516. The van der Waals surface area contributed by atoms with Crippen LogP contribution in [0.2, 0.25) is 0 Å². The van der Waals surface area contributed by atoms with E-state index in [0.717, 1.165) is 18.1 Å². The van der Waals surface area contributed by atoms with E-state index >= 15 is 0 Å². The smallest absolute Gasteiger partial charge is 0.321 e. The van der Waals surface area contributed by atoms with Crippen LogP contribution in [0.4, 0.5) is 6.01 Å². The van der Waals surface area contributed by atoms with Gasteiger partial charge in [-0.3, -0.25) is 0 Å². The second-order valence-electron chi connectivity index (χ2n) is 2.91. The highest BCUT2D eigenvalue weighted by Crippen LogP contribution is 2.15. The van der Waals surface area contributed by atoms with Crippen LogP contribution in [0.15, 0.2) is 4.52 Å². The highest BCUT2D eigenvalue weighted by Gasteiger charge is 2.05. The van der Waals surface area contributed by atoms with E-state index in [1.165, 1.54) is 0 Å². The molecule has 74 valence electrons. The van der Waals surface area contributed by atoms with Crippen LogP contribution in [-0.2, 0) is 5.75 Å². The molecule has 0 fully saturated rings. The molecule has 0 aliphatic carbocycles. The zero-order chi connectivity index (χ0) is 9.68. The molecular weight excluding hydrogens is 186 g/mol. The van der Waals surface area contributed by atoms with Gasteiger partial charge in [-0.2, -0.15) is 16.7 Å². The Morgan fingerprint density at radius 2 is 2.31 bits per heavy atom. The molecule has 0 saturated heterocycles. The standard InChI is InChI=1S/C8H15N3OS/c1-4-9-8-10-7(11-12-8)5-13-6(2)3/h6H,4-5H2,1-3H3,(H,9,10,11). The van der Waals surface area contributed by atoms with Gasteiger partial charge in [0.2, 0.25) is 0 Å². The molecular formula is C8H15N3OS. The molecule has 0 aliphatic rings. The van der Waals surface area contributed by atoms with Crippen molar-refractivity contribution in [3.63, 3.8) is 0 Å². The summed E-state index contributed by atoms with van der Waals surface area (Å²) in [5.74, 6) is 1.57. The van der Waals surface area contributed by atoms with E-state index in [4.69, 9.17) is 4.52 Å². The van der Waals surface area contributed by atoms with E-state index in [1.807, 2.05) is 6.92 Å². The van der Waals surface area contributed by atoms with E-state index in [1.54, 1.807) is 11.8 Å². The van der Waals surface area contributed by atoms with Crippen LogP contribution in [0.25, 0.3) is 0 Å². The Balaban J connectivity index is 2.39. The van der Waals surface area contributed by atoms with Gasteiger partial charge in [0.15, 0.2) is 5.82 Å². The summed E-state index contributed by atoms with van der Waals surface area (Å²) >= 11 is 1.80. The van der Waals surface area contributed by atoms with Crippen LogP contribution in [0, 0.1) is 0 Å². The van der Waals surface area contributed by atoms with Crippen molar-refractivity contribution in [3.05, 3.63) is 5.82 Å². The SMILES string of the molecule is CCNc1nc(CSC(C)C)no1. The molecule has 1 aromatic rings. The molecule has 0 amide bonds. The van der Waals surface area contributed by atoms with Crippen LogP contribution < -0.4 is 5.32 Å². The molecule has 13 heavy (non-hydrogen) atoms. The van der Waals surface area contributed by atoms with Crippen LogP contribution in [-0.4, -0.2) is 21.9 Å². The Labute approximate surface area is 82.5 Å². The first kappa shape index (κ1) is 10.4. The maximum Gasteiger partial charge on any atom is 0.321 e. The Morgan fingerprint density at radius 1 is 1.54 bits per heavy atom. The van der Waals surface area contributed by atoms with Crippen molar-refractivity contribution < 1.29 is 4.52 Å². The van der Waals surface area contributed by atoms with Gasteiger partial charge in [-0.05, 0) is 12.2 Å². The largest absolute Gasteiger partial charge is 0.338 e. The van der Waals surface area contributed by atoms with Gasteiger partial charge in [-0.25, -0.2) is 0 Å². The van der Waals surface area contributed by atoms with Crippen molar-refractivity contribution in [2.75, 3.05) is 11.9 Å². The minimum Gasteiger partial charge on any atom is -0.338 e. The van der Waals surface area contributed by atoms with Gasteiger partial charge in [-0.15, -0.1) is 0 Å². The number of thioether (sulfide) groups is 1. The molecule has 1 aromatic heterocycles. The van der Waals surface area contributed by atoms with Gasteiger partial charge in [0.25, 0.3) is 0 Å². The fourth-order valence-corrected chi connectivity index (χ4v) is 1.38. The quantitative estimate of drug-likeness (QED) is 0.791. The molecule has 0 bridgehead atoms. The summed E-state index contributed by atoms with van der Waals surface area (Å²) < 4.78 is 4.95. The topological polar surface area (TPSA) is 51.0 Å². The van der Waals surface area contributed by atoms with Crippen molar-refractivity contribution in [3.8, 4) is 0 Å². The molecule has 0 atom stereocenters. The summed E-state index contributed by atoms with van der Waals surface area (Å²) in [6.45, 7) is 7.09. The van der Waals surface area contributed by atoms with Crippen LogP contribution in [0.3, 0.4) is 0 Å². The van der Waals surface area contributed by atoms with Crippen molar-refractivity contribution in [1.29, 1.82) is 0 Å².